The standard InChI is InChI=1S/C44H69NO12S5/c1-10-45-29(5)62-60-21-20-51-17-16-50-18-19-52-28(4)27(3)43(6,7)24-33(44(8,9)61-42(58)59-11-2)30-12-14-31(15-13-30)40-53-26-36-39(57-40)35(48)23-37(55-36)56-41-38(49)34(47)22-32(25-46)54-41/h10,12-15,27,32-41,46-49H,1,4,11,16-26H2,2-3,5-9H3. The number of hydrogen-bond donors (Lipinski definition) is 4. The summed E-state index contributed by atoms with van der Waals surface area (Å²) >= 11 is 9.24. The topological polar surface area (TPSA) is 167 Å². The number of aliphatic hydroxyl groups is 4. The van der Waals surface area contributed by atoms with E-state index in [1.165, 1.54) is 0 Å². The largest absolute Gasteiger partial charge is 0.496 e. The minimum absolute atomic E-state index is 0.0383. The third kappa shape index (κ3) is 16.5. The highest BCUT2D eigenvalue weighted by atomic mass is 33.1. The maximum Gasteiger partial charge on any atom is 0.189 e. The van der Waals surface area contributed by atoms with E-state index < -0.39 is 55.5 Å². The zero-order valence-electron chi connectivity index (χ0n) is 37.2. The van der Waals surface area contributed by atoms with E-state index in [4.69, 9.17) is 50.1 Å². The summed E-state index contributed by atoms with van der Waals surface area (Å²) in [4.78, 5) is 4.14. The van der Waals surface area contributed by atoms with Crippen LogP contribution in [0.25, 0.3) is 0 Å². The van der Waals surface area contributed by atoms with Crippen molar-refractivity contribution in [1.29, 1.82) is 0 Å². The van der Waals surface area contributed by atoms with Gasteiger partial charge in [0.25, 0.3) is 0 Å². The molecule has 3 heterocycles. The average Bonchev–Trinajstić information content (AvgIpc) is 3.23. The summed E-state index contributed by atoms with van der Waals surface area (Å²) in [5, 5.41) is 42.3. The SMILES string of the molecule is C=CN=C(C)SSCCOCCOCCOC(=C)C(C)C(C)(C)CC(c1ccc(C2OCC3OC(OC4OC(CO)CC(O)C4O)CC(O)C3O2)cc1)C(C)(C)SC(=S)SCC. The highest BCUT2D eigenvalue weighted by Crippen LogP contribution is 2.50. The van der Waals surface area contributed by atoms with E-state index >= 15 is 0 Å². The van der Waals surface area contributed by atoms with E-state index in [1.807, 2.05) is 19.1 Å². The van der Waals surface area contributed by atoms with Crippen molar-refractivity contribution < 1.29 is 58.3 Å². The molecule has 3 aliphatic rings. The molecule has 0 spiro atoms. The van der Waals surface area contributed by atoms with Crippen molar-refractivity contribution in [3.63, 3.8) is 0 Å². The molecule has 0 aromatic heterocycles. The lowest BCUT2D eigenvalue weighted by Crippen LogP contribution is -2.57. The van der Waals surface area contributed by atoms with Crippen molar-refractivity contribution in [2.45, 2.75) is 134 Å². The maximum absolute atomic E-state index is 11.2. The molecule has 62 heavy (non-hydrogen) atoms. The van der Waals surface area contributed by atoms with Crippen LogP contribution >= 0.6 is 57.3 Å². The van der Waals surface area contributed by atoms with Crippen molar-refractivity contribution in [2.75, 3.05) is 57.8 Å². The van der Waals surface area contributed by atoms with Gasteiger partial charge < -0.3 is 58.3 Å². The molecule has 1 aromatic carbocycles. The van der Waals surface area contributed by atoms with E-state index in [1.54, 1.807) is 51.3 Å². The van der Waals surface area contributed by atoms with Gasteiger partial charge in [-0.25, -0.2) is 0 Å². The van der Waals surface area contributed by atoms with Crippen LogP contribution < -0.4 is 0 Å². The molecule has 4 N–H and O–H groups in total. The molecule has 352 valence electrons. The fourth-order valence-corrected chi connectivity index (χ4v) is 12.3. The number of hydrogen-bond acceptors (Lipinski definition) is 18. The Morgan fingerprint density at radius 1 is 1.00 bits per heavy atom. The summed E-state index contributed by atoms with van der Waals surface area (Å²) in [6.07, 6.45) is -5.82. The first-order valence-corrected chi connectivity index (χ1v) is 25.8. The number of fused-ring (bicyclic) bond motifs is 1. The Kier molecular flexibility index (Phi) is 23.0. The van der Waals surface area contributed by atoms with Crippen LogP contribution in [0.2, 0.25) is 0 Å². The first-order valence-electron chi connectivity index (χ1n) is 21.3. The monoisotopic (exact) mass is 963 g/mol. The van der Waals surface area contributed by atoms with Gasteiger partial charge in [0.2, 0.25) is 0 Å². The van der Waals surface area contributed by atoms with E-state index in [0.29, 0.717) is 33.0 Å². The molecule has 11 atom stereocenters. The van der Waals surface area contributed by atoms with E-state index in [-0.39, 0.29) is 48.1 Å². The first kappa shape index (κ1) is 53.8. The Labute approximate surface area is 390 Å². The lowest BCUT2D eigenvalue weighted by atomic mass is 9.68. The van der Waals surface area contributed by atoms with Crippen molar-refractivity contribution in [3.05, 3.63) is 60.5 Å². The molecule has 1 aromatic rings. The van der Waals surface area contributed by atoms with Crippen LogP contribution in [0.4, 0.5) is 0 Å². The quantitative estimate of drug-likeness (QED) is 0.0199. The summed E-state index contributed by atoms with van der Waals surface area (Å²) in [5.74, 6) is 2.62. The minimum atomic E-state index is -1.33. The highest BCUT2D eigenvalue weighted by Gasteiger charge is 2.47. The summed E-state index contributed by atoms with van der Waals surface area (Å²) in [6.45, 7) is 25.5. The summed E-state index contributed by atoms with van der Waals surface area (Å²) in [7, 11) is 3.32. The van der Waals surface area contributed by atoms with Crippen LogP contribution in [0.15, 0.2) is 54.4 Å². The van der Waals surface area contributed by atoms with Crippen LogP contribution in [0.1, 0.15) is 91.1 Å². The number of thioether (sulfide) groups is 2. The number of aliphatic imine (C=N–C) groups is 1. The summed E-state index contributed by atoms with van der Waals surface area (Å²) in [5.41, 5.74) is 1.76. The van der Waals surface area contributed by atoms with Gasteiger partial charge in [-0.3, -0.25) is 4.99 Å². The van der Waals surface area contributed by atoms with Gasteiger partial charge in [0.05, 0.1) is 68.8 Å². The molecule has 3 saturated heterocycles. The van der Waals surface area contributed by atoms with Gasteiger partial charge in [0.1, 0.15) is 28.4 Å². The Bertz CT molecular complexity index is 1570. The van der Waals surface area contributed by atoms with Gasteiger partial charge in [-0.05, 0) is 60.6 Å². The smallest absolute Gasteiger partial charge is 0.189 e. The van der Waals surface area contributed by atoms with E-state index in [9.17, 15) is 20.4 Å². The second-order valence-corrected chi connectivity index (χ2v) is 23.4. The molecule has 11 unspecified atom stereocenters. The van der Waals surface area contributed by atoms with E-state index in [0.717, 1.165) is 43.4 Å². The molecule has 0 saturated carbocycles. The van der Waals surface area contributed by atoms with Gasteiger partial charge in [-0.15, -0.1) is 23.5 Å². The van der Waals surface area contributed by atoms with Crippen molar-refractivity contribution in [1.82, 2.24) is 0 Å². The molecule has 0 aliphatic carbocycles. The Hall–Kier alpha value is -0.780. The predicted molar refractivity (Wildman–Crippen MR) is 256 cm³/mol. The fraction of sp³-hybridized carbons (Fsp3) is 0.727. The molecule has 18 heteroatoms. The van der Waals surface area contributed by atoms with Crippen LogP contribution in [0.3, 0.4) is 0 Å². The van der Waals surface area contributed by atoms with Crippen molar-refractivity contribution in [2.24, 2.45) is 16.3 Å². The van der Waals surface area contributed by atoms with Gasteiger partial charge >= 0.3 is 0 Å². The number of allylic oxidation sites excluding steroid dienone is 1. The zero-order valence-corrected chi connectivity index (χ0v) is 41.3. The van der Waals surface area contributed by atoms with Crippen LogP contribution in [0.5, 0.6) is 0 Å². The Balaban J connectivity index is 1.32. The number of thiocarbonyl (C=S) groups is 1. The molecule has 0 radical (unpaired) electrons. The molecular formula is C44H69NO12S5. The molecule has 0 bridgehead atoms. The van der Waals surface area contributed by atoms with Gasteiger partial charge in [-0.2, -0.15) is 0 Å². The number of aliphatic hydroxyl groups excluding tert-OH is 4. The van der Waals surface area contributed by atoms with E-state index in [2.05, 4.69) is 71.8 Å². The number of rotatable bonds is 24. The minimum Gasteiger partial charge on any atom is -0.496 e. The zero-order chi connectivity index (χ0) is 45.5. The second kappa shape index (κ2) is 26.5. The normalized spacial score (nSPS) is 28.2. The van der Waals surface area contributed by atoms with Gasteiger partial charge in [0.15, 0.2) is 18.9 Å². The number of nitrogens with zero attached hydrogens (tertiary/aromatic N) is 1. The summed E-state index contributed by atoms with van der Waals surface area (Å²) in [6, 6.07) is 8.29. The highest BCUT2D eigenvalue weighted by molar-refractivity contribution is 8.82. The van der Waals surface area contributed by atoms with Gasteiger partial charge in [0, 0.05) is 41.0 Å². The van der Waals surface area contributed by atoms with Crippen molar-refractivity contribution in [3.8, 4) is 0 Å². The number of ether oxygens (including phenoxy) is 8. The summed E-state index contributed by atoms with van der Waals surface area (Å²) < 4.78 is 48.2. The Morgan fingerprint density at radius 2 is 1.69 bits per heavy atom. The van der Waals surface area contributed by atoms with Crippen molar-refractivity contribution >= 4 is 65.9 Å². The maximum atomic E-state index is 11.2. The predicted octanol–water partition coefficient (Wildman–Crippen LogP) is 7.61. The molecule has 4 rings (SSSR count). The fourth-order valence-electron chi connectivity index (χ4n) is 7.41. The molecule has 3 fully saturated rings. The second-order valence-electron chi connectivity index (χ2n) is 16.7. The lowest BCUT2D eigenvalue weighted by Gasteiger charge is -2.45. The lowest BCUT2D eigenvalue weighted by molar-refractivity contribution is -0.373. The Morgan fingerprint density at radius 3 is 2.37 bits per heavy atom. The molecular weight excluding hydrogens is 895 g/mol. The average molecular weight is 964 g/mol. The third-order valence-corrected chi connectivity index (χ3v) is 16.4. The molecule has 3 aliphatic heterocycles. The van der Waals surface area contributed by atoms with Gasteiger partial charge in [-0.1, -0.05) is 88.1 Å². The van der Waals surface area contributed by atoms with Crippen LogP contribution in [-0.2, 0) is 37.9 Å². The number of benzene rings is 1. The van der Waals surface area contributed by atoms with Crippen LogP contribution in [-0.4, -0.2) is 141 Å². The molecule has 0 amide bonds. The third-order valence-electron chi connectivity index (χ3n) is 11.3. The molecule has 13 nitrogen and oxygen atoms in total. The first-order chi connectivity index (χ1) is 29.5. The van der Waals surface area contributed by atoms with Crippen LogP contribution in [0, 0.1) is 11.3 Å².